The van der Waals surface area contributed by atoms with Gasteiger partial charge in [-0.2, -0.15) is 0 Å². The quantitative estimate of drug-likeness (QED) is 0.611. The molecule has 0 saturated carbocycles. The fraction of sp³-hybridized carbons (Fsp3) is 0.136. The summed E-state index contributed by atoms with van der Waals surface area (Å²) in [5, 5.41) is 6.85. The normalized spacial score (nSPS) is 11.8. The zero-order valence-electron chi connectivity index (χ0n) is 14.6. The van der Waals surface area contributed by atoms with Crippen LogP contribution in [0.25, 0.3) is 0 Å². The number of anilines is 1. The third-order valence-electron chi connectivity index (χ3n) is 4.22. The van der Waals surface area contributed by atoms with Gasteiger partial charge in [0.1, 0.15) is 0 Å². The van der Waals surface area contributed by atoms with Crippen molar-refractivity contribution >= 4 is 23.2 Å². The summed E-state index contributed by atoms with van der Waals surface area (Å²) in [5.41, 5.74) is 3.57. The predicted octanol–water partition coefficient (Wildman–Crippen LogP) is 5.44. The van der Waals surface area contributed by atoms with E-state index < -0.39 is 0 Å². The van der Waals surface area contributed by atoms with Gasteiger partial charge >= 0.3 is 0 Å². The highest BCUT2D eigenvalue weighted by molar-refractivity contribution is 6.34. The van der Waals surface area contributed by atoms with Crippen molar-refractivity contribution in [2.45, 2.75) is 19.5 Å². The summed E-state index contributed by atoms with van der Waals surface area (Å²) in [4.78, 5) is 12.4. The van der Waals surface area contributed by atoms with Crippen LogP contribution in [0.2, 0.25) is 5.02 Å². The van der Waals surface area contributed by atoms with Gasteiger partial charge in [-0.05, 0) is 42.3 Å². The molecular weight excluding hydrogens is 344 g/mol. The first-order valence-corrected chi connectivity index (χ1v) is 8.94. The van der Waals surface area contributed by atoms with E-state index in [0.29, 0.717) is 17.1 Å². The molecule has 132 valence electrons. The Morgan fingerprint density at radius 1 is 0.962 bits per heavy atom. The second-order valence-corrected chi connectivity index (χ2v) is 6.55. The van der Waals surface area contributed by atoms with Crippen molar-refractivity contribution in [1.82, 2.24) is 5.32 Å². The number of halogens is 1. The molecule has 1 atom stereocenters. The Kier molecular flexibility index (Phi) is 6.05. The molecule has 0 radical (unpaired) electrons. The minimum absolute atomic E-state index is 0.210. The first-order valence-electron chi connectivity index (χ1n) is 8.56. The van der Waals surface area contributed by atoms with E-state index in [9.17, 15) is 4.79 Å². The van der Waals surface area contributed by atoms with Gasteiger partial charge in [0.25, 0.3) is 5.91 Å². The Balaban J connectivity index is 1.63. The lowest BCUT2D eigenvalue weighted by molar-refractivity contribution is 0.102. The summed E-state index contributed by atoms with van der Waals surface area (Å²) in [6, 6.07) is 25.4. The highest BCUT2D eigenvalue weighted by Gasteiger charge is 2.10. The highest BCUT2D eigenvalue weighted by atomic mass is 35.5. The van der Waals surface area contributed by atoms with E-state index in [1.54, 1.807) is 24.3 Å². The molecule has 0 bridgehead atoms. The van der Waals surface area contributed by atoms with Crippen LogP contribution in [0.15, 0.2) is 78.9 Å². The topological polar surface area (TPSA) is 41.1 Å². The molecule has 0 aliphatic rings. The van der Waals surface area contributed by atoms with E-state index in [-0.39, 0.29) is 11.9 Å². The summed E-state index contributed by atoms with van der Waals surface area (Å²) in [6.07, 6.45) is 0. The molecule has 1 amide bonds. The van der Waals surface area contributed by atoms with Crippen molar-refractivity contribution in [3.8, 4) is 0 Å². The van der Waals surface area contributed by atoms with Crippen LogP contribution >= 0.6 is 11.6 Å². The van der Waals surface area contributed by atoms with Gasteiger partial charge in [0.2, 0.25) is 0 Å². The molecule has 3 aromatic rings. The molecule has 3 aromatic carbocycles. The lowest BCUT2D eigenvalue weighted by atomic mass is 10.1. The van der Waals surface area contributed by atoms with E-state index in [0.717, 1.165) is 11.3 Å². The van der Waals surface area contributed by atoms with Crippen LogP contribution in [0.5, 0.6) is 0 Å². The maximum absolute atomic E-state index is 12.4. The minimum Gasteiger partial charge on any atom is -0.322 e. The molecule has 3 rings (SSSR count). The van der Waals surface area contributed by atoms with Gasteiger partial charge in [0, 0.05) is 18.3 Å². The highest BCUT2D eigenvalue weighted by Crippen LogP contribution is 2.18. The number of carbonyl (C=O) groups is 1. The molecule has 26 heavy (non-hydrogen) atoms. The Morgan fingerprint density at radius 3 is 2.46 bits per heavy atom. The Labute approximate surface area is 159 Å². The van der Waals surface area contributed by atoms with Crippen LogP contribution in [0.3, 0.4) is 0 Å². The maximum atomic E-state index is 12.4. The van der Waals surface area contributed by atoms with Gasteiger partial charge in [0.05, 0.1) is 10.6 Å². The van der Waals surface area contributed by atoms with Crippen molar-refractivity contribution in [2.75, 3.05) is 5.32 Å². The summed E-state index contributed by atoms with van der Waals surface area (Å²) >= 11 is 6.09. The third-order valence-corrected chi connectivity index (χ3v) is 4.54. The molecule has 0 aliphatic heterocycles. The number of carbonyl (C=O) groups excluding carboxylic acids is 1. The van der Waals surface area contributed by atoms with Crippen LogP contribution in [-0.4, -0.2) is 5.91 Å². The fourth-order valence-electron chi connectivity index (χ4n) is 2.73. The Hall–Kier alpha value is -2.62. The maximum Gasteiger partial charge on any atom is 0.257 e. The van der Waals surface area contributed by atoms with Gasteiger partial charge in [-0.15, -0.1) is 0 Å². The number of amides is 1. The first kappa shape index (κ1) is 18.2. The first-order chi connectivity index (χ1) is 12.6. The molecule has 3 nitrogen and oxygen atoms in total. The SMILES string of the molecule is C[C@@H](NCc1cccc(NC(=O)c2ccccc2Cl)c1)c1ccccc1. The molecule has 0 saturated heterocycles. The summed E-state index contributed by atoms with van der Waals surface area (Å²) in [7, 11) is 0. The van der Waals surface area contributed by atoms with E-state index in [1.807, 2.05) is 42.5 Å². The Bertz CT molecular complexity index is 880. The summed E-state index contributed by atoms with van der Waals surface area (Å²) in [6.45, 7) is 2.85. The second-order valence-electron chi connectivity index (χ2n) is 6.15. The number of hydrogen-bond donors (Lipinski definition) is 2. The van der Waals surface area contributed by atoms with Crippen LogP contribution in [0, 0.1) is 0 Å². The molecule has 0 fully saturated rings. The Morgan fingerprint density at radius 2 is 1.69 bits per heavy atom. The van der Waals surface area contributed by atoms with Crippen LogP contribution in [0.1, 0.15) is 34.5 Å². The number of benzene rings is 3. The number of nitrogens with one attached hydrogen (secondary N) is 2. The zero-order valence-corrected chi connectivity index (χ0v) is 15.3. The van der Waals surface area contributed by atoms with Crippen molar-refractivity contribution in [3.63, 3.8) is 0 Å². The van der Waals surface area contributed by atoms with Crippen LogP contribution in [-0.2, 0) is 6.54 Å². The fourth-order valence-corrected chi connectivity index (χ4v) is 2.95. The van der Waals surface area contributed by atoms with E-state index in [1.165, 1.54) is 5.56 Å². The lowest BCUT2D eigenvalue weighted by Gasteiger charge is -2.15. The van der Waals surface area contributed by atoms with E-state index in [4.69, 9.17) is 11.6 Å². The summed E-state index contributed by atoms with van der Waals surface area (Å²) in [5.74, 6) is -0.210. The van der Waals surface area contributed by atoms with Crippen LogP contribution in [0.4, 0.5) is 5.69 Å². The monoisotopic (exact) mass is 364 g/mol. The molecular formula is C22H21ClN2O. The average molecular weight is 365 g/mol. The van der Waals surface area contributed by atoms with Crippen molar-refractivity contribution in [3.05, 3.63) is 101 Å². The average Bonchev–Trinajstić information content (AvgIpc) is 2.67. The van der Waals surface area contributed by atoms with Crippen molar-refractivity contribution in [1.29, 1.82) is 0 Å². The van der Waals surface area contributed by atoms with Gasteiger partial charge in [0.15, 0.2) is 0 Å². The summed E-state index contributed by atoms with van der Waals surface area (Å²) < 4.78 is 0. The largest absolute Gasteiger partial charge is 0.322 e. The van der Waals surface area contributed by atoms with Gasteiger partial charge < -0.3 is 10.6 Å². The number of rotatable bonds is 6. The van der Waals surface area contributed by atoms with Gasteiger partial charge in [-0.25, -0.2) is 0 Å². The molecule has 0 aromatic heterocycles. The molecule has 4 heteroatoms. The van der Waals surface area contributed by atoms with Crippen molar-refractivity contribution < 1.29 is 4.79 Å². The van der Waals surface area contributed by atoms with Gasteiger partial charge in [-0.1, -0.05) is 66.2 Å². The number of hydrogen-bond acceptors (Lipinski definition) is 2. The minimum atomic E-state index is -0.210. The zero-order chi connectivity index (χ0) is 18.4. The molecule has 0 heterocycles. The molecule has 0 spiro atoms. The van der Waals surface area contributed by atoms with Gasteiger partial charge in [-0.3, -0.25) is 4.79 Å². The predicted molar refractivity (Wildman–Crippen MR) is 108 cm³/mol. The molecule has 2 N–H and O–H groups in total. The van der Waals surface area contributed by atoms with E-state index >= 15 is 0 Å². The molecule has 0 unspecified atom stereocenters. The standard InChI is InChI=1S/C22H21ClN2O/c1-16(18-9-3-2-4-10-18)24-15-17-8-7-11-19(14-17)25-22(26)20-12-5-6-13-21(20)23/h2-14,16,24H,15H2,1H3,(H,25,26)/t16-/m1/s1. The lowest BCUT2D eigenvalue weighted by Crippen LogP contribution is -2.18. The third kappa shape index (κ3) is 4.72. The smallest absolute Gasteiger partial charge is 0.257 e. The van der Waals surface area contributed by atoms with Crippen molar-refractivity contribution in [2.24, 2.45) is 0 Å². The van der Waals surface area contributed by atoms with Crippen LogP contribution < -0.4 is 10.6 Å². The molecule has 0 aliphatic carbocycles. The van der Waals surface area contributed by atoms with E-state index in [2.05, 4.69) is 29.7 Å². The second kappa shape index (κ2) is 8.65.